The van der Waals surface area contributed by atoms with Gasteiger partial charge in [-0.2, -0.15) is 0 Å². The van der Waals surface area contributed by atoms with E-state index in [2.05, 4.69) is 40.2 Å². The molecule has 1 aliphatic rings. The van der Waals surface area contributed by atoms with E-state index in [1.54, 1.807) is 5.56 Å². The predicted molar refractivity (Wildman–Crippen MR) is 69.4 cm³/mol. The van der Waals surface area contributed by atoms with Crippen LogP contribution >= 0.6 is 15.9 Å². The average Bonchev–Trinajstić information content (AvgIpc) is 2.31. The van der Waals surface area contributed by atoms with E-state index in [1.165, 1.54) is 44.1 Å². The van der Waals surface area contributed by atoms with E-state index in [9.17, 15) is 0 Å². The smallest absolute Gasteiger partial charge is 0.0285 e. The van der Waals surface area contributed by atoms with Crippen LogP contribution in [-0.4, -0.2) is 0 Å². The molecular weight excluding hydrogens is 248 g/mol. The van der Waals surface area contributed by atoms with Crippen molar-refractivity contribution in [2.45, 2.75) is 43.9 Å². The van der Waals surface area contributed by atoms with Gasteiger partial charge in [0.25, 0.3) is 0 Å². The molecule has 0 unspecified atom stereocenters. The molecule has 0 aromatic heterocycles. The van der Waals surface area contributed by atoms with Gasteiger partial charge in [-0.15, -0.1) is 0 Å². The molecule has 0 atom stereocenters. The molecule has 0 saturated heterocycles. The summed E-state index contributed by atoms with van der Waals surface area (Å²) in [5.41, 5.74) is 3.03. The molecule has 0 nitrogen and oxygen atoms in total. The Morgan fingerprint density at radius 2 is 1.67 bits per heavy atom. The first-order chi connectivity index (χ1) is 7.40. The Kier molecular flexibility index (Phi) is 4.25. The van der Waals surface area contributed by atoms with Gasteiger partial charge in [0, 0.05) is 5.33 Å². The molecule has 0 aliphatic heterocycles. The average molecular weight is 267 g/mol. The highest BCUT2D eigenvalue weighted by Gasteiger charge is 2.14. The highest BCUT2D eigenvalue weighted by atomic mass is 79.9. The van der Waals surface area contributed by atoms with E-state index in [1.807, 2.05) is 0 Å². The van der Waals surface area contributed by atoms with Crippen molar-refractivity contribution in [3.63, 3.8) is 0 Å². The van der Waals surface area contributed by atoms with Gasteiger partial charge < -0.3 is 0 Å². The maximum absolute atomic E-state index is 3.57. The van der Waals surface area contributed by atoms with Crippen LogP contribution in [0.5, 0.6) is 0 Å². The lowest BCUT2D eigenvalue weighted by Crippen LogP contribution is -2.10. The third kappa shape index (κ3) is 3.07. The van der Waals surface area contributed by atoms with Crippen LogP contribution in [0, 0.1) is 5.92 Å². The summed E-state index contributed by atoms with van der Waals surface area (Å²) in [7, 11) is 0. The molecule has 0 spiro atoms. The first-order valence-electron chi connectivity index (χ1n) is 6.03. The minimum absolute atomic E-state index is 0.943. The van der Waals surface area contributed by atoms with Crippen LogP contribution in [0.15, 0.2) is 24.3 Å². The van der Waals surface area contributed by atoms with Gasteiger partial charge in [-0.25, -0.2) is 0 Å². The van der Waals surface area contributed by atoms with Crippen LogP contribution in [0.4, 0.5) is 0 Å². The van der Waals surface area contributed by atoms with E-state index in [0.717, 1.165) is 11.2 Å². The molecule has 0 heterocycles. The Balaban J connectivity index is 2.02. The van der Waals surface area contributed by atoms with Gasteiger partial charge in [0.1, 0.15) is 0 Å². The van der Waals surface area contributed by atoms with Crippen molar-refractivity contribution in [2.75, 3.05) is 0 Å². The van der Waals surface area contributed by atoms with E-state index < -0.39 is 0 Å². The summed E-state index contributed by atoms with van der Waals surface area (Å²) >= 11 is 3.57. The van der Waals surface area contributed by atoms with E-state index in [-0.39, 0.29) is 0 Å². The molecule has 1 aliphatic carbocycles. The van der Waals surface area contributed by atoms with Gasteiger partial charge in [-0.3, -0.25) is 0 Å². The maximum Gasteiger partial charge on any atom is 0.0285 e. The first kappa shape index (κ1) is 11.2. The number of halogens is 1. The summed E-state index contributed by atoms with van der Waals surface area (Å²) in [6, 6.07) is 8.85. The predicted octanol–water partition coefficient (Wildman–Crippen LogP) is 4.70. The molecule has 0 bridgehead atoms. The van der Waals surface area contributed by atoms with E-state index >= 15 is 0 Å². The van der Waals surface area contributed by atoms with Crippen molar-refractivity contribution in [2.24, 2.45) is 5.92 Å². The van der Waals surface area contributed by atoms with Crippen molar-refractivity contribution in [3.05, 3.63) is 35.4 Å². The number of hydrogen-bond donors (Lipinski definition) is 0. The lowest BCUT2D eigenvalue weighted by molar-refractivity contribution is 0.356. The molecule has 0 radical (unpaired) electrons. The van der Waals surface area contributed by atoms with Gasteiger partial charge in [-0.05, 0) is 23.5 Å². The molecule has 0 amide bonds. The quantitative estimate of drug-likeness (QED) is 0.696. The number of hydrogen-bond acceptors (Lipinski definition) is 0. The molecule has 1 aromatic rings. The summed E-state index contributed by atoms with van der Waals surface area (Å²) in [6.07, 6.45) is 8.52. The Hall–Kier alpha value is -0.300. The maximum atomic E-state index is 3.57. The van der Waals surface area contributed by atoms with Gasteiger partial charge in [0.15, 0.2) is 0 Å². The van der Waals surface area contributed by atoms with E-state index in [4.69, 9.17) is 0 Å². The van der Waals surface area contributed by atoms with Crippen molar-refractivity contribution in [1.29, 1.82) is 0 Å². The second-order valence-electron chi connectivity index (χ2n) is 4.61. The zero-order valence-electron chi connectivity index (χ0n) is 9.21. The largest absolute Gasteiger partial charge is 0.0876 e. The van der Waals surface area contributed by atoms with Crippen molar-refractivity contribution < 1.29 is 0 Å². The molecule has 1 heteroatoms. The van der Waals surface area contributed by atoms with Gasteiger partial charge in [0.05, 0.1) is 0 Å². The van der Waals surface area contributed by atoms with Crippen LogP contribution in [0.2, 0.25) is 0 Å². The SMILES string of the molecule is BrCc1ccccc1CC1CCCCC1. The standard InChI is InChI=1S/C14H19Br/c15-11-14-9-5-4-8-13(14)10-12-6-2-1-3-7-12/h4-5,8-9,12H,1-3,6-7,10-11H2. The Bertz CT molecular complexity index is 300. The molecule has 82 valence electrons. The van der Waals surface area contributed by atoms with Crippen molar-refractivity contribution in [3.8, 4) is 0 Å². The van der Waals surface area contributed by atoms with Gasteiger partial charge >= 0.3 is 0 Å². The fourth-order valence-electron chi connectivity index (χ4n) is 2.59. The van der Waals surface area contributed by atoms with Crippen molar-refractivity contribution in [1.82, 2.24) is 0 Å². The highest BCUT2D eigenvalue weighted by Crippen LogP contribution is 2.28. The second kappa shape index (κ2) is 5.69. The molecule has 1 fully saturated rings. The summed E-state index contributed by atoms with van der Waals surface area (Å²) < 4.78 is 0. The lowest BCUT2D eigenvalue weighted by Gasteiger charge is -2.22. The van der Waals surface area contributed by atoms with Crippen LogP contribution in [0.25, 0.3) is 0 Å². The molecule has 1 aromatic carbocycles. The zero-order valence-corrected chi connectivity index (χ0v) is 10.8. The monoisotopic (exact) mass is 266 g/mol. The second-order valence-corrected chi connectivity index (χ2v) is 5.17. The third-order valence-electron chi connectivity index (χ3n) is 3.50. The lowest BCUT2D eigenvalue weighted by atomic mass is 9.84. The molecule has 2 rings (SSSR count). The van der Waals surface area contributed by atoms with Crippen LogP contribution in [-0.2, 0) is 11.8 Å². The highest BCUT2D eigenvalue weighted by molar-refractivity contribution is 9.08. The first-order valence-corrected chi connectivity index (χ1v) is 7.15. The fraction of sp³-hybridized carbons (Fsp3) is 0.571. The molecule has 0 N–H and O–H groups in total. The Labute approximate surface area is 101 Å². The summed E-state index contributed by atoms with van der Waals surface area (Å²) in [6.45, 7) is 0. The van der Waals surface area contributed by atoms with Gasteiger partial charge in [0.2, 0.25) is 0 Å². The Morgan fingerprint density at radius 3 is 2.33 bits per heavy atom. The molecule has 1 saturated carbocycles. The summed E-state index contributed by atoms with van der Waals surface area (Å²) in [4.78, 5) is 0. The zero-order chi connectivity index (χ0) is 10.5. The van der Waals surface area contributed by atoms with Crippen LogP contribution in [0.3, 0.4) is 0 Å². The third-order valence-corrected chi connectivity index (χ3v) is 4.10. The minimum atomic E-state index is 0.943. The molecular formula is C14H19Br. The number of alkyl halides is 1. The van der Waals surface area contributed by atoms with Crippen LogP contribution in [0.1, 0.15) is 43.2 Å². The summed E-state index contributed by atoms with van der Waals surface area (Å²) in [5.74, 6) is 0.943. The normalized spacial score (nSPS) is 17.9. The topological polar surface area (TPSA) is 0 Å². The number of rotatable bonds is 3. The minimum Gasteiger partial charge on any atom is -0.0876 e. The van der Waals surface area contributed by atoms with Crippen LogP contribution < -0.4 is 0 Å². The fourth-order valence-corrected chi connectivity index (χ4v) is 3.14. The van der Waals surface area contributed by atoms with Gasteiger partial charge in [-0.1, -0.05) is 72.3 Å². The Morgan fingerprint density at radius 1 is 1.00 bits per heavy atom. The van der Waals surface area contributed by atoms with E-state index in [0.29, 0.717) is 0 Å². The summed E-state index contributed by atoms with van der Waals surface area (Å²) in [5, 5.41) is 0.996. The molecule has 15 heavy (non-hydrogen) atoms. The van der Waals surface area contributed by atoms with Crippen molar-refractivity contribution >= 4 is 15.9 Å². The number of benzene rings is 1.